The summed E-state index contributed by atoms with van der Waals surface area (Å²) in [6, 6.07) is 16.9. The number of allylic oxidation sites excluding steroid dienone is 1. The molecule has 2 aromatic carbocycles. The van der Waals surface area contributed by atoms with Gasteiger partial charge in [0.05, 0.1) is 0 Å². The van der Waals surface area contributed by atoms with E-state index in [1.807, 2.05) is 18.2 Å². The fourth-order valence-corrected chi connectivity index (χ4v) is 4.57. The van der Waals surface area contributed by atoms with Crippen LogP contribution in [0.2, 0.25) is 0 Å². The predicted octanol–water partition coefficient (Wildman–Crippen LogP) is 6.62. The van der Waals surface area contributed by atoms with Crippen molar-refractivity contribution < 1.29 is 4.79 Å². The maximum atomic E-state index is 12.5. The highest BCUT2D eigenvalue weighted by molar-refractivity contribution is 6.06. The van der Waals surface area contributed by atoms with Crippen LogP contribution in [-0.2, 0) is 0 Å². The van der Waals surface area contributed by atoms with Crippen molar-refractivity contribution in [3.63, 3.8) is 0 Å². The number of piperidine rings is 1. The molecule has 0 amide bonds. The zero-order valence-corrected chi connectivity index (χ0v) is 16.8. The number of rotatable bonds is 5. The number of anilines is 1. The first-order valence-electron chi connectivity index (χ1n) is 11.0. The van der Waals surface area contributed by atoms with Crippen molar-refractivity contribution in [1.29, 1.82) is 0 Å². The van der Waals surface area contributed by atoms with Crippen LogP contribution in [0.1, 0.15) is 78.8 Å². The summed E-state index contributed by atoms with van der Waals surface area (Å²) >= 11 is 0. The molecule has 0 unspecified atom stereocenters. The lowest BCUT2D eigenvalue weighted by atomic mass is 9.84. The van der Waals surface area contributed by atoms with Crippen LogP contribution in [0.4, 0.5) is 5.69 Å². The molecule has 2 heteroatoms. The SMILES string of the molecule is O=C(C=Cc1ccc(C2CCCCC2)cc1)c1ccc(N2CCCCC2)cc1. The van der Waals surface area contributed by atoms with Crippen molar-refractivity contribution in [2.24, 2.45) is 0 Å². The number of hydrogen-bond donors (Lipinski definition) is 0. The van der Waals surface area contributed by atoms with Gasteiger partial charge < -0.3 is 4.90 Å². The molecule has 0 aromatic heterocycles. The fourth-order valence-electron chi connectivity index (χ4n) is 4.57. The molecule has 146 valence electrons. The molecule has 2 fully saturated rings. The summed E-state index contributed by atoms with van der Waals surface area (Å²) in [5, 5.41) is 0. The van der Waals surface area contributed by atoms with Gasteiger partial charge >= 0.3 is 0 Å². The lowest BCUT2D eigenvalue weighted by Crippen LogP contribution is -2.29. The molecule has 1 saturated carbocycles. The second-order valence-corrected chi connectivity index (χ2v) is 8.29. The van der Waals surface area contributed by atoms with E-state index in [9.17, 15) is 4.79 Å². The Labute approximate surface area is 169 Å². The molecule has 0 radical (unpaired) electrons. The largest absolute Gasteiger partial charge is 0.372 e. The third-order valence-electron chi connectivity index (χ3n) is 6.31. The molecule has 0 bridgehead atoms. The first kappa shape index (κ1) is 19.0. The minimum Gasteiger partial charge on any atom is -0.372 e. The zero-order valence-electron chi connectivity index (χ0n) is 16.8. The summed E-state index contributed by atoms with van der Waals surface area (Å²) < 4.78 is 0. The summed E-state index contributed by atoms with van der Waals surface area (Å²) in [6.07, 6.45) is 14.2. The molecule has 0 spiro atoms. The highest BCUT2D eigenvalue weighted by Gasteiger charge is 2.15. The second-order valence-electron chi connectivity index (χ2n) is 8.29. The van der Waals surface area contributed by atoms with Gasteiger partial charge in [-0.25, -0.2) is 0 Å². The van der Waals surface area contributed by atoms with Gasteiger partial charge in [0, 0.05) is 24.3 Å². The Bertz CT molecular complexity index is 791. The summed E-state index contributed by atoms with van der Waals surface area (Å²) in [7, 11) is 0. The van der Waals surface area contributed by atoms with E-state index in [1.165, 1.54) is 62.6 Å². The maximum absolute atomic E-state index is 12.5. The van der Waals surface area contributed by atoms with Crippen molar-refractivity contribution in [1.82, 2.24) is 0 Å². The molecule has 1 aliphatic heterocycles. The van der Waals surface area contributed by atoms with Crippen molar-refractivity contribution in [3.05, 3.63) is 71.3 Å². The molecule has 2 aliphatic rings. The van der Waals surface area contributed by atoms with E-state index in [4.69, 9.17) is 0 Å². The van der Waals surface area contributed by atoms with Crippen LogP contribution in [0.25, 0.3) is 6.08 Å². The van der Waals surface area contributed by atoms with Crippen molar-refractivity contribution in [2.45, 2.75) is 57.3 Å². The fraction of sp³-hybridized carbons (Fsp3) is 0.423. The van der Waals surface area contributed by atoms with Gasteiger partial charge in [-0.1, -0.05) is 49.6 Å². The van der Waals surface area contributed by atoms with E-state index < -0.39 is 0 Å². The summed E-state index contributed by atoms with van der Waals surface area (Å²) in [4.78, 5) is 14.9. The standard InChI is InChI=1S/C26H31NO/c28-26(24-14-16-25(17-15-24)27-19-5-2-6-20-27)18-11-21-9-12-23(13-10-21)22-7-3-1-4-8-22/h9-18,22H,1-8,19-20H2. The molecule has 1 heterocycles. The topological polar surface area (TPSA) is 20.3 Å². The molecule has 4 rings (SSSR count). The third kappa shape index (κ3) is 4.73. The van der Waals surface area contributed by atoms with E-state index in [-0.39, 0.29) is 5.78 Å². The van der Waals surface area contributed by atoms with Crippen LogP contribution in [0.5, 0.6) is 0 Å². The van der Waals surface area contributed by atoms with Crippen LogP contribution < -0.4 is 4.90 Å². The summed E-state index contributed by atoms with van der Waals surface area (Å²) in [5.41, 5.74) is 4.55. The molecular weight excluding hydrogens is 342 g/mol. The Morgan fingerprint density at radius 3 is 2.11 bits per heavy atom. The zero-order chi connectivity index (χ0) is 19.2. The molecule has 1 saturated heterocycles. The molecular formula is C26H31NO. The van der Waals surface area contributed by atoms with Gasteiger partial charge in [0.1, 0.15) is 0 Å². The van der Waals surface area contributed by atoms with E-state index in [0.29, 0.717) is 0 Å². The van der Waals surface area contributed by atoms with Crippen LogP contribution in [0.3, 0.4) is 0 Å². The van der Waals surface area contributed by atoms with Gasteiger partial charge in [-0.15, -0.1) is 0 Å². The van der Waals surface area contributed by atoms with Crippen molar-refractivity contribution in [2.75, 3.05) is 18.0 Å². The van der Waals surface area contributed by atoms with E-state index >= 15 is 0 Å². The van der Waals surface area contributed by atoms with Gasteiger partial charge in [0.15, 0.2) is 5.78 Å². The second kappa shape index (κ2) is 9.23. The first-order valence-corrected chi connectivity index (χ1v) is 11.0. The maximum Gasteiger partial charge on any atom is 0.185 e. The molecule has 2 nitrogen and oxygen atoms in total. The van der Waals surface area contributed by atoms with Gasteiger partial charge in [-0.05, 0) is 79.5 Å². The van der Waals surface area contributed by atoms with Gasteiger partial charge in [-0.2, -0.15) is 0 Å². The molecule has 0 N–H and O–H groups in total. The Morgan fingerprint density at radius 2 is 1.43 bits per heavy atom. The van der Waals surface area contributed by atoms with Crippen LogP contribution in [-0.4, -0.2) is 18.9 Å². The summed E-state index contributed by atoms with van der Waals surface area (Å²) in [5.74, 6) is 0.799. The predicted molar refractivity (Wildman–Crippen MR) is 118 cm³/mol. The average Bonchev–Trinajstić information content (AvgIpc) is 2.79. The van der Waals surface area contributed by atoms with Gasteiger partial charge in [0.25, 0.3) is 0 Å². The lowest BCUT2D eigenvalue weighted by molar-refractivity contribution is 0.104. The normalized spacial score (nSPS) is 18.5. The monoisotopic (exact) mass is 373 g/mol. The minimum atomic E-state index is 0.0709. The number of hydrogen-bond acceptors (Lipinski definition) is 2. The van der Waals surface area contributed by atoms with Crippen LogP contribution >= 0.6 is 0 Å². The Kier molecular flexibility index (Phi) is 6.26. The average molecular weight is 374 g/mol. The highest BCUT2D eigenvalue weighted by atomic mass is 16.1. The highest BCUT2D eigenvalue weighted by Crippen LogP contribution is 2.32. The number of benzene rings is 2. The lowest BCUT2D eigenvalue weighted by Gasteiger charge is -2.28. The third-order valence-corrected chi connectivity index (χ3v) is 6.31. The van der Waals surface area contributed by atoms with Crippen LogP contribution in [0.15, 0.2) is 54.6 Å². The first-order chi connectivity index (χ1) is 13.8. The van der Waals surface area contributed by atoms with Gasteiger partial charge in [-0.3, -0.25) is 4.79 Å². The minimum absolute atomic E-state index is 0.0709. The van der Waals surface area contributed by atoms with Crippen molar-refractivity contribution >= 4 is 17.5 Å². The summed E-state index contributed by atoms with van der Waals surface area (Å²) in [6.45, 7) is 2.26. The van der Waals surface area contributed by atoms with Crippen molar-refractivity contribution in [3.8, 4) is 0 Å². The van der Waals surface area contributed by atoms with E-state index in [1.54, 1.807) is 6.08 Å². The Balaban J connectivity index is 1.36. The van der Waals surface area contributed by atoms with E-state index in [0.717, 1.165) is 30.1 Å². The molecule has 2 aromatic rings. The number of ketones is 1. The Hall–Kier alpha value is -2.35. The smallest absolute Gasteiger partial charge is 0.185 e. The molecule has 28 heavy (non-hydrogen) atoms. The Morgan fingerprint density at radius 1 is 0.786 bits per heavy atom. The number of carbonyl (C=O) groups excluding carboxylic acids is 1. The number of carbonyl (C=O) groups is 1. The van der Waals surface area contributed by atoms with Gasteiger partial charge in [0.2, 0.25) is 0 Å². The molecule has 0 atom stereocenters. The quantitative estimate of drug-likeness (QED) is 0.433. The number of nitrogens with zero attached hydrogens (tertiary/aromatic N) is 1. The molecule has 1 aliphatic carbocycles. The van der Waals surface area contributed by atoms with Crippen LogP contribution in [0, 0.1) is 0 Å². The van der Waals surface area contributed by atoms with E-state index in [2.05, 4.69) is 41.3 Å².